The average Bonchev–Trinajstić information content (AvgIpc) is 2.67. The number of hydrogen-bond acceptors (Lipinski definition) is 0. The van der Waals surface area contributed by atoms with E-state index in [1.165, 1.54) is 11.1 Å². The average molecular weight is 166 g/mol. The molecule has 0 bridgehead atoms. The molecule has 62 valence electrons. The molecular weight excluding hydrogens is 156 g/mol. The fraction of sp³-hybridized carbons (Fsp3) is 0.0769. The zero-order valence-corrected chi connectivity index (χ0v) is 7.27. The highest BCUT2D eigenvalue weighted by Crippen LogP contribution is 2.28. The molecule has 0 saturated carbocycles. The molecule has 1 aromatic rings. The van der Waals surface area contributed by atoms with E-state index in [1.54, 1.807) is 0 Å². The van der Waals surface area contributed by atoms with Crippen molar-refractivity contribution in [1.29, 1.82) is 0 Å². The van der Waals surface area contributed by atoms with E-state index in [2.05, 4.69) is 24.1 Å². The third-order valence-electron chi connectivity index (χ3n) is 2.20. The maximum Gasteiger partial charge on any atom is 0.0638 e. The van der Waals surface area contributed by atoms with Crippen LogP contribution in [0.15, 0.2) is 48.6 Å². The fourth-order valence-electron chi connectivity index (χ4n) is 1.53. The molecule has 0 spiro atoms. The van der Waals surface area contributed by atoms with Crippen LogP contribution in [-0.4, -0.2) is 0 Å². The van der Waals surface area contributed by atoms with Gasteiger partial charge in [0.15, 0.2) is 0 Å². The highest BCUT2D eigenvalue weighted by Gasteiger charge is 2.12. The molecule has 1 aliphatic rings. The molecule has 0 aromatic heterocycles. The molecule has 0 fully saturated rings. The Kier molecular flexibility index (Phi) is 2.02. The molecule has 1 aliphatic carbocycles. The molecule has 1 aromatic carbocycles. The van der Waals surface area contributed by atoms with Crippen molar-refractivity contribution in [1.82, 2.24) is 0 Å². The van der Waals surface area contributed by atoms with Gasteiger partial charge in [0.05, 0.1) is 5.92 Å². The van der Waals surface area contributed by atoms with E-state index >= 15 is 0 Å². The number of benzene rings is 1. The molecule has 0 heteroatoms. The lowest BCUT2D eigenvalue weighted by molar-refractivity contribution is 1.17. The van der Waals surface area contributed by atoms with Crippen LogP contribution in [-0.2, 0) is 0 Å². The Morgan fingerprint density at radius 1 is 1.15 bits per heavy atom. The van der Waals surface area contributed by atoms with Crippen LogP contribution in [0.1, 0.15) is 5.56 Å². The molecular formula is C13H10. The van der Waals surface area contributed by atoms with E-state index in [9.17, 15) is 0 Å². The minimum atomic E-state index is 0.155. The first-order valence-corrected chi connectivity index (χ1v) is 4.32. The van der Waals surface area contributed by atoms with E-state index in [-0.39, 0.29) is 5.92 Å². The second-order valence-electron chi connectivity index (χ2n) is 3.02. The lowest BCUT2D eigenvalue weighted by atomic mass is 9.96. The fourth-order valence-corrected chi connectivity index (χ4v) is 1.53. The molecule has 1 unspecified atom stereocenters. The van der Waals surface area contributed by atoms with Gasteiger partial charge in [-0.3, -0.25) is 0 Å². The van der Waals surface area contributed by atoms with Gasteiger partial charge in [-0.05, 0) is 11.1 Å². The minimum Gasteiger partial charge on any atom is -0.119 e. The van der Waals surface area contributed by atoms with Gasteiger partial charge in [-0.2, -0.15) is 0 Å². The molecule has 0 nitrogen and oxygen atoms in total. The molecule has 0 amide bonds. The van der Waals surface area contributed by atoms with E-state index in [0.29, 0.717) is 0 Å². The van der Waals surface area contributed by atoms with Crippen molar-refractivity contribution in [3.05, 3.63) is 54.1 Å². The normalized spacial score (nSPS) is 19.6. The molecule has 13 heavy (non-hydrogen) atoms. The van der Waals surface area contributed by atoms with Crippen molar-refractivity contribution in [2.24, 2.45) is 5.92 Å². The smallest absolute Gasteiger partial charge is 0.0638 e. The van der Waals surface area contributed by atoms with Gasteiger partial charge >= 0.3 is 0 Å². The van der Waals surface area contributed by atoms with Crippen LogP contribution in [0.2, 0.25) is 0 Å². The first-order valence-electron chi connectivity index (χ1n) is 4.32. The largest absolute Gasteiger partial charge is 0.119 e. The lowest BCUT2D eigenvalue weighted by Gasteiger charge is -2.06. The van der Waals surface area contributed by atoms with E-state index < -0.39 is 0 Å². The summed E-state index contributed by atoms with van der Waals surface area (Å²) in [4.78, 5) is 0. The number of hydrogen-bond donors (Lipinski definition) is 0. The first-order chi connectivity index (χ1) is 6.42. The van der Waals surface area contributed by atoms with Gasteiger partial charge in [0, 0.05) is 0 Å². The zero-order valence-electron chi connectivity index (χ0n) is 7.27. The van der Waals surface area contributed by atoms with Crippen LogP contribution in [0.5, 0.6) is 0 Å². The number of rotatable bonds is 1. The van der Waals surface area contributed by atoms with E-state index in [0.717, 1.165) is 0 Å². The van der Waals surface area contributed by atoms with Gasteiger partial charge in [0.25, 0.3) is 0 Å². The maximum atomic E-state index is 5.42. The molecule has 2 rings (SSSR count). The number of allylic oxidation sites excluding steroid dienone is 4. The SMILES string of the molecule is C#CC1C=CC=C1c1ccccc1. The van der Waals surface area contributed by atoms with Crippen molar-refractivity contribution in [3.63, 3.8) is 0 Å². The summed E-state index contributed by atoms with van der Waals surface area (Å²) < 4.78 is 0. The summed E-state index contributed by atoms with van der Waals surface area (Å²) in [5.74, 6) is 2.91. The van der Waals surface area contributed by atoms with Crippen LogP contribution in [0.25, 0.3) is 5.57 Å². The summed E-state index contributed by atoms with van der Waals surface area (Å²) in [6.07, 6.45) is 11.6. The minimum absolute atomic E-state index is 0.155. The van der Waals surface area contributed by atoms with Crippen molar-refractivity contribution in [2.45, 2.75) is 0 Å². The number of terminal acetylenes is 1. The Balaban J connectivity index is 2.35. The van der Waals surface area contributed by atoms with E-state index in [4.69, 9.17) is 6.42 Å². The topological polar surface area (TPSA) is 0 Å². The highest BCUT2D eigenvalue weighted by atomic mass is 14.1. The Morgan fingerprint density at radius 2 is 1.92 bits per heavy atom. The van der Waals surface area contributed by atoms with Gasteiger partial charge in [0.2, 0.25) is 0 Å². The monoisotopic (exact) mass is 166 g/mol. The molecule has 0 heterocycles. The van der Waals surface area contributed by atoms with Crippen LogP contribution in [0.3, 0.4) is 0 Å². The zero-order chi connectivity index (χ0) is 9.10. The van der Waals surface area contributed by atoms with Gasteiger partial charge in [-0.1, -0.05) is 54.5 Å². The molecule has 0 N–H and O–H groups in total. The van der Waals surface area contributed by atoms with Crippen LogP contribution in [0, 0.1) is 18.3 Å². The molecule has 0 aliphatic heterocycles. The van der Waals surface area contributed by atoms with Crippen LogP contribution in [0.4, 0.5) is 0 Å². The second kappa shape index (κ2) is 3.33. The third-order valence-corrected chi connectivity index (χ3v) is 2.20. The molecule has 0 radical (unpaired) electrons. The maximum absolute atomic E-state index is 5.42. The molecule has 0 saturated heterocycles. The first kappa shape index (κ1) is 7.89. The van der Waals surface area contributed by atoms with E-state index in [1.807, 2.05) is 30.4 Å². The Bertz CT molecular complexity index is 388. The van der Waals surface area contributed by atoms with Crippen LogP contribution >= 0.6 is 0 Å². The van der Waals surface area contributed by atoms with Gasteiger partial charge < -0.3 is 0 Å². The Labute approximate surface area is 78.6 Å². The summed E-state index contributed by atoms with van der Waals surface area (Å²) in [6, 6.07) is 10.2. The Hall–Kier alpha value is -1.74. The van der Waals surface area contributed by atoms with Crippen molar-refractivity contribution >= 4 is 5.57 Å². The van der Waals surface area contributed by atoms with Crippen molar-refractivity contribution in [2.75, 3.05) is 0 Å². The molecule has 1 atom stereocenters. The predicted octanol–water partition coefficient (Wildman–Crippen LogP) is 2.89. The summed E-state index contributed by atoms with van der Waals surface area (Å²) in [7, 11) is 0. The van der Waals surface area contributed by atoms with Gasteiger partial charge in [-0.25, -0.2) is 0 Å². The highest BCUT2D eigenvalue weighted by molar-refractivity contribution is 5.75. The van der Waals surface area contributed by atoms with Gasteiger partial charge in [-0.15, -0.1) is 6.42 Å². The standard InChI is InChI=1S/C13H10/c1-2-11-9-6-10-13(11)12-7-4-3-5-8-12/h1,3-11H. The predicted molar refractivity (Wildman–Crippen MR) is 55.9 cm³/mol. The van der Waals surface area contributed by atoms with Crippen molar-refractivity contribution in [3.8, 4) is 12.3 Å². The summed E-state index contributed by atoms with van der Waals surface area (Å²) in [5.41, 5.74) is 2.44. The lowest BCUT2D eigenvalue weighted by Crippen LogP contribution is -1.92. The quantitative estimate of drug-likeness (QED) is 0.563. The summed E-state index contributed by atoms with van der Waals surface area (Å²) in [5, 5.41) is 0. The second-order valence-corrected chi connectivity index (χ2v) is 3.02. The third kappa shape index (κ3) is 1.41. The van der Waals surface area contributed by atoms with Crippen LogP contribution < -0.4 is 0 Å². The summed E-state index contributed by atoms with van der Waals surface area (Å²) in [6.45, 7) is 0. The van der Waals surface area contributed by atoms with Crippen molar-refractivity contribution < 1.29 is 0 Å². The Morgan fingerprint density at radius 3 is 2.62 bits per heavy atom. The van der Waals surface area contributed by atoms with Gasteiger partial charge in [0.1, 0.15) is 0 Å². The summed E-state index contributed by atoms with van der Waals surface area (Å²) >= 11 is 0.